The van der Waals surface area contributed by atoms with Crippen molar-refractivity contribution in [3.05, 3.63) is 36.0 Å². The third-order valence-corrected chi connectivity index (χ3v) is 4.34. The van der Waals surface area contributed by atoms with Gasteiger partial charge in [-0.1, -0.05) is 12.8 Å². The molecule has 2 aromatic rings. The summed E-state index contributed by atoms with van der Waals surface area (Å²) in [6, 6.07) is 8.01. The van der Waals surface area contributed by atoms with Crippen molar-refractivity contribution in [1.29, 1.82) is 0 Å². The number of aromatic nitrogens is 1. The van der Waals surface area contributed by atoms with Crippen LogP contribution in [0.2, 0.25) is 0 Å². The summed E-state index contributed by atoms with van der Waals surface area (Å²) in [6.07, 6.45) is 6.88. The molecule has 2 N–H and O–H groups in total. The van der Waals surface area contributed by atoms with Crippen molar-refractivity contribution in [3.63, 3.8) is 0 Å². The van der Waals surface area contributed by atoms with E-state index in [0.717, 1.165) is 35.3 Å². The lowest BCUT2D eigenvalue weighted by molar-refractivity contribution is 0.210. The van der Waals surface area contributed by atoms with Gasteiger partial charge in [-0.15, -0.1) is 0 Å². The van der Waals surface area contributed by atoms with Crippen molar-refractivity contribution in [2.45, 2.75) is 31.8 Å². The Hall–Kier alpha value is -1.65. The van der Waals surface area contributed by atoms with E-state index in [-0.39, 0.29) is 6.17 Å². The van der Waals surface area contributed by atoms with Crippen LogP contribution in [0.25, 0.3) is 10.9 Å². The number of nitrogens with zero attached hydrogens (tertiary/aromatic N) is 2. The molecule has 1 fully saturated rings. The molecule has 1 aromatic carbocycles. The maximum Gasteiger partial charge on any atom is 0.119 e. The molecule has 3 rings (SSSR count). The Balaban J connectivity index is 1.97. The van der Waals surface area contributed by atoms with Gasteiger partial charge in [-0.05, 0) is 55.8 Å². The molecular formula is C17H23N3O. The van der Waals surface area contributed by atoms with E-state index >= 15 is 0 Å². The minimum Gasteiger partial charge on any atom is -0.497 e. The van der Waals surface area contributed by atoms with Crippen molar-refractivity contribution < 1.29 is 4.74 Å². The number of fused-ring (bicyclic) bond motifs is 1. The zero-order valence-electron chi connectivity index (χ0n) is 12.6. The summed E-state index contributed by atoms with van der Waals surface area (Å²) in [5, 5.41) is 1.09. The number of likely N-dealkylation sites (tertiary alicyclic amines) is 1. The Morgan fingerprint density at radius 1 is 1.14 bits per heavy atom. The minimum absolute atomic E-state index is 0.0688. The van der Waals surface area contributed by atoms with Gasteiger partial charge in [-0.2, -0.15) is 0 Å². The van der Waals surface area contributed by atoms with Crippen molar-refractivity contribution in [3.8, 4) is 5.75 Å². The lowest BCUT2D eigenvalue weighted by Gasteiger charge is -2.28. The fourth-order valence-corrected chi connectivity index (χ4v) is 3.10. The first kappa shape index (κ1) is 14.3. The van der Waals surface area contributed by atoms with Gasteiger partial charge in [0.2, 0.25) is 0 Å². The van der Waals surface area contributed by atoms with Crippen molar-refractivity contribution >= 4 is 10.9 Å². The van der Waals surface area contributed by atoms with Gasteiger partial charge in [0.15, 0.2) is 0 Å². The summed E-state index contributed by atoms with van der Waals surface area (Å²) < 4.78 is 5.34. The third-order valence-electron chi connectivity index (χ3n) is 4.34. The van der Waals surface area contributed by atoms with E-state index < -0.39 is 0 Å². The summed E-state index contributed by atoms with van der Waals surface area (Å²) in [7, 11) is 1.69. The smallest absolute Gasteiger partial charge is 0.119 e. The maximum absolute atomic E-state index is 6.55. The number of pyridine rings is 1. The molecule has 1 aliphatic heterocycles. The number of hydrogen-bond donors (Lipinski definition) is 1. The Morgan fingerprint density at radius 3 is 2.62 bits per heavy atom. The Labute approximate surface area is 125 Å². The second kappa shape index (κ2) is 6.41. The zero-order valence-corrected chi connectivity index (χ0v) is 12.6. The van der Waals surface area contributed by atoms with E-state index in [1.165, 1.54) is 25.7 Å². The van der Waals surface area contributed by atoms with Gasteiger partial charge in [0.05, 0.1) is 18.8 Å². The van der Waals surface area contributed by atoms with Crippen LogP contribution in [0.15, 0.2) is 30.5 Å². The van der Waals surface area contributed by atoms with Gasteiger partial charge in [0.1, 0.15) is 5.75 Å². The molecule has 1 atom stereocenters. The van der Waals surface area contributed by atoms with E-state index in [0.29, 0.717) is 0 Å². The van der Waals surface area contributed by atoms with Crippen molar-refractivity contribution in [2.24, 2.45) is 5.73 Å². The van der Waals surface area contributed by atoms with Crippen molar-refractivity contribution in [1.82, 2.24) is 9.88 Å². The highest BCUT2D eigenvalue weighted by atomic mass is 16.5. The SMILES string of the molecule is COc1ccc2nccc(C(N)N3CCCCCC3)c2c1. The molecule has 1 aliphatic rings. The van der Waals surface area contributed by atoms with Crippen LogP contribution in [0.5, 0.6) is 5.75 Å². The molecule has 0 aliphatic carbocycles. The molecule has 112 valence electrons. The number of hydrogen-bond acceptors (Lipinski definition) is 4. The molecule has 1 aromatic heterocycles. The highest BCUT2D eigenvalue weighted by molar-refractivity contribution is 5.83. The maximum atomic E-state index is 6.55. The fourth-order valence-electron chi connectivity index (χ4n) is 3.10. The van der Waals surface area contributed by atoms with Crippen LogP contribution in [0.1, 0.15) is 37.4 Å². The lowest BCUT2D eigenvalue weighted by atomic mass is 10.1. The topological polar surface area (TPSA) is 51.4 Å². The molecular weight excluding hydrogens is 262 g/mol. The quantitative estimate of drug-likeness (QED) is 0.941. The summed E-state index contributed by atoms with van der Waals surface area (Å²) >= 11 is 0. The van der Waals surface area contributed by atoms with Crippen LogP contribution in [-0.4, -0.2) is 30.1 Å². The number of benzene rings is 1. The molecule has 2 heterocycles. The van der Waals surface area contributed by atoms with Crippen LogP contribution < -0.4 is 10.5 Å². The highest BCUT2D eigenvalue weighted by Crippen LogP contribution is 2.28. The van der Waals surface area contributed by atoms with Gasteiger partial charge in [0, 0.05) is 11.6 Å². The summed E-state index contributed by atoms with van der Waals surface area (Å²) in [4.78, 5) is 6.82. The Morgan fingerprint density at radius 2 is 1.90 bits per heavy atom. The predicted molar refractivity (Wildman–Crippen MR) is 85.3 cm³/mol. The third kappa shape index (κ3) is 3.01. The number of nitrogens with two attached hydrogens (primary N) is 1. The van der Waals surface area contributed by atoms with E-state index in [1.807, 2.05) is 30.5 Å². The van der Waals surface area contributed by atoms with Crippen LogP contribution in [0.3, 0.4) is 0 Å². The van der Waals surface area contributed by atoms with Crippen LogP contribution in [-0.2, 0) is 0 Å². The first-order valence-electron chi connectivity index (χ1n) is 7.72. The van der Waals surface area contributed by atoms with Gasteiger partial charge in [-0.25, -0.2) is 0 Å². The first-order valence-corrected chi connectivity index (χ1v) is 7.72. The molecule has 0 bridgehead atoms. The van der Waals surface area contributed by atoms with Gasteiger partial charge >= 0.3 is 0 Å². The number of ether oxygens (including phenoxy) is 1. The Kier molecular flexibility index (Phi) is 4.36. The predicted octanol–water partition coefficient (Wildman–Crippen LogP) is 3.08. The van der Waals surface area contributed by atoms with E-state index in [9.17, 15) is 0 Å². The first-order chi connectivity index (χ1) is 10.3. The van der Waals surface area contributed by atoms with Gasteiger partial charge in [-0.3, -0.25) is 9.88 Å². The largest absolute Gasteiger partial charge is 0.497 e. The lowest BCUT2D eigenvalue weighted by Crippen LogP contribution is -2.35. The normalized spacial score (nSPS) is 18.4. The zero-order chi connectivity index (χ0) is 14.7. The summed E-state index contributed by atoms with van der Waals surface area (Å²) in [6.45, 7) is 2.16. The van der Waals surface area contributed by atoms with Crippen LogP contribution >= 0.6 is 0 Å². The molecule has 21 heavy (non-hydrogen) atoms. The molecule has 0 amide bonds. The summed E-state index contributed by atoms with van der Waals surface area (Å²) in [5.41, 5.74) is 8.66. The molecule has 4 nitrogen and oxygen atoms in total. The number of methoxy groups -OCH3 is 1. The van der Waals surface area contributed by atoms with Gasteiger partial charge < -0.3 is 10.5 Å². The monoisotopic (exact) mass is 285 g/mol. The molecule has 0 saturated carbocycles. The molecule has 4 heteroatoms. The molecule has 0 radical (unpaired) electrons. The fraction of sp³-hybridized carbons (Fsp3) is 0.471. The molecule has 1 saturated heterocycles. The second-order valence-corrected chi connectivity index (χ2v) is 5.68. The average Bonchev–Trinajstić information content (AvgIpc) is 2.82. The average molecular weight is 285 g/mol. The molecule has 0 spiro atoms. The van der Waals surface area contributed by atoms with Crippen LogP contribution in [0.4, 0.5) is 0 Å². The minimum atomic E-state index is -0.0688. The van der Waals surface area contributed by atoms with Crippen LogP contribution in [0, 0.1) is 0 Å². The van der Waals surface area contributed by atoms with E-state index in [1.54, 1.807) is 7.11 Å². The standard InChI is InChI=1S/C17H23N3O/c1-21-13-6-7-16-15(12-13)14(8-9-19-16)17(18)20-10-4-2-3-5-11-20/h6-9,12,17H,2-5,10-11,18H2,1H3. The summed E-state index contributed by atoms with van der Waals surface area (Å²) in [5.74, 6) is 0.847. The van der Waals surface area contributed by atoms with E-state index in [4.69, 9.17) is 10.5 Å². The van der Waals surface area contributed by atoms with Gasteiger partial charge in [0.25, 0.3) is 0 Å². The van der Waals surface area contributed by atoms with E-state index in [2.05, 4.69) is 9.88 Å². The number of rotatable bonds is 3. The Bertz CT molecular complexity index is 606. The highest BCUT2D eigenvalue weighted by Gasteiger charge is 2.19. The second-order valence-electron chi connectivity index (χ2n) is 5.68. The van der Waals surface area contributed by atoms with Crippen molar-refractivity contribution in [2.75, 3.05) is 20.2 Å². The molecule has 1 unspecified atom stereocenters.